The SMILES string of the molecule is NCc1cc(S(=O)(=O)NCc2ccco2)cs1. The first kappa shape index (κ1) is 12.3. The number of sulfonamides is 1. The Kier molecular flexibility index (Phi) is 3.63. The second-order valence-corrected chi connectivity index (χ2v) is 6.12. The van der Waals surface area contributed by atoms with Gasteiger partial charge in [-0.05, 0) is 18.2 Å². The first-order chi connectivity index (χ1) is 8.12. The van der Waals surface area contributed by atoms with E-state index in [2.05, 4.69) is 4.72 Å². The van der Waals surface area contributed by atoms with Gasteiger partial charge in [-0.1, -0.05) is 0 Å². The summed E-state index contributed by atoms with van der Waals surface area (Å²) in [6, 6.07) is 5.00. The standard InChI is InChI=1S/C10H12N2O3S2/c11-5-9-4-10(7-16-9)17(13,14)12-6-8-2-1-3-15-8/h1-4,7,12H,5-6,11H2. The van der Waals surface area contributed by atoms with Gasteiger partial charge in [0.2, 0.25) is 10.0 Å². The molecule has 17 heavy (non-hydrogen) atoms. The molecule has 0 saturated carbocycles. The van der Waals surface area contributed by atoms with Crippen molar-refractivity contribution < 1.29 is 12.8 Å². The average Bonchev–Trinajstić information content (AvgIpc) is 2.98. The van der Waals surface area contributed by atoms with Gasteiger partial charge in [-0.25, -0.2) is 13.1 Å². The zero-order chi connectivity index (χ0) is 12.3. The van der Waals surface area contributed by atoms with Crippen LogP contribution < -0.4 is 10.5 Å². The molecule has 0 saturated heterocycles. The van der Waals surface area contributed by atoms with Gasteiger partial charge in [0, 0.05) is 16.8 Å². The zero-order valence-electron chi connectivity index (χ0n) is 8.92. The van der Waals surface area contributed by atoms with Crippen molar-refractivity contribution >= 4 is 21.4 Å². The molecule has 0 fully saturated rings. The van der Waals surface area contributed by atoms with Gasteiger partial charge < -0.3 is 10.2 Å². The molecule has 0 radical (unpaired) electrons. The van der Waals surface area contributed by atoms with E-state index >= 15 is 0 Å². The maximum Gasteiger partial charge on any atom is 0.241 e. The van der Waals surface area contributed by atoms with Crippen LogP contribution in [0, 0.1) is 0 Å². The lowest BCUT2D eigenvalue weighted by Gasteiger charge is -2.02. The van der Waals surface area contributed by atoms with Crippen LogP contribution in [-0.4, -0.2) is 8.42 Å². The lowest BCUT2D eigenvalue weighted by atomic mass is 10.5. The van der Waals surface area contributed by atoms with Gasteiger partial charge in [0.05, 0.1) is 17.7 Å². The quantitative estimate of drug-likeness (QED) is 0.858. The normalized spacial score (nSPS) is 11.8. The first-order valence-electron chi connectivity index (χ1n) is 4.91. The Morgan fingerprint density at radius 2 is 2.29 bits per heavy atom. The fourth-order valence-corrected chi connectivity index (χ4v) is 3.42. The summed E-state index contributed by atoms with van der Waals surface area (Å²) in [5.41, 5.74) is 5.44. The van der Waals surface area contributed by atoms with Crippen molar-refractivity contribution in [1.82, 2.24) is 4.72 Å². The highest BCUT2D eigenvalue weighted by molar-refractivity contribution is 7.89. The number of furan rings is 1. The molecule has 0 atom stereocenters. The topological polar surface area (TPSA) is 85.3 Å². The molecule has 3 N–H and O–H groups in total. The Labute approximate surface area is 103 Å². The Hall–Kier alpha value is -1.15. The van der Waals surface area contributed by atoms with Crippen LogP contribution in [0.2, 0.25) is 0 Å². The molecule has 0 bridgehead atoms. The number of nitrogens with two attached hydrogens (primary N) is 1. The van der Waals surface area contributed by atoms with E-state index in [0.717, 1.165) is 4.88 Å². The second-order valence-electron chi connectivity index (χ2n) is 3.36. The van der Waals surface area contributed by atoms with E-state index in [9.17, 15) is 8.42 Å². The summed E-state index contributed by atoms with van der Waals surface area (Å²) < 4.78 is 31.2. The molecule has 2 rings (SSSR count). The Morgan fingerprint density at radius 1 is 1.47 bits per heavy atom. The number of rotatable bonds is 5. The highest BCUT2D eigenvalue weighted by Crippen LogP contribution is 2.18. The molecule has 0 unspecified atom stereocenters. The molecule has 0 spiro atoms. The minimum Gasteiger partial charge on any atom is -0.468 e. The van der Waals surface area contributed by atoms with E-state index in [1.54, 1.807) is 23.6 Å². The van der Waals surface area contributed by atoms with Crippen LogP contribution in [0.4, 0.5) is 0 Å². The fourth-order valence-electron chi connectivity index (χ4n) is 1.27. The minimum atomic E-state index is -3.48. The van der Waals surface area contributed by atoms with Gasteiger partial charge in [0.15, 0.2) is 0 Å². The summed E-state index contributed by atoms with van der Waals surface area (Å²) in [6.45, 7) is 0.488. The third kappa shape index (κ3) is 2.95. The summed E-state index contributed by atoms with van der Waals surface area (Å²) in [5, 5.41) is 1.58. The highest BCUT2D eigenvalue weighted by Gasteiger charge is 2.16. The number of nitrogens with one attached hydrogen (secondary N) is 1. The predicted octanol–water partition coefficient (Wildman–Crippen LogP) is 1.28. The van der Waals surface area contributed by atoms with Gasteiger partial charge >= 0.3 is 0 Å². The van der Waals surface area contributed by atoms with Crippen molar-refractivity contribution in [2.24, 2.45) is 5.73 Å². The van der Waals surface area contributed by atoms with Crippen LogP contribution in [0.15, 0.2) is 39.2 Å². The molecule has 2 aromatic heterocycles. The summed E-state index contributed by atoms with van der Waals surface area (Å²) in [4.78, 5) is 1.08. The van der Waals surface area contributed by atoms with Gasteiger partial charge in [-0.2, -0.15) is 0 Å². The van der Waals surface area contributed by atoms with Crippen LogP contribution in [-0.2, 0) is 23.1 Å². The van der Waals surface area contributed by atoms with Crippen LogP contribution in [0.5, 0.6) is 0 Å². The molecule has 0 aliphatic rings. The lowest BCUT2D eigenvalue weighted by Crippen LogP contribution is -2.22. The molecule has 0 aliphatic carbocycles. The van der Waals surface area contributed by atoms with E-state index in [1.165, 1.54) is 17.6 Å². The van der Waals surface area contributed by atoms with E-state index in [0.29, 0.717) is 12.3 Å². The van der Waals surface area contributed by atoms with E-state index < -0.39 is 10.0 Å². The molecule has 7 heteroatoms. The molecular formula is C10H12N2O3S2. The summed E-state index contributed by atoms with van der Waals surface area (Å²) in [5.74, 6) is 0.572. The maximum atomic E-state index is 11.9. The van der Waals surface area contributed by atoms with Crippen LogP contribution >= 0.6 is 11.3 Å². The lowest BCUT2D eigenvalue weighted by molar-refractivity contribution is 0.498. The molecule has 5 nitrogen and oxygen atoms in total. The minimum absolute atomic E-state index is 0.142. The van der Waals surface area contributed by atoms with Gasteiger partial charge in [-0.3, -0.25) is 0 Å². The third-order valence-corrected chi connectivity index (χ3v) is 4.65. The Morgan fingerprint density at radius 3 is 2.88 bits per heavy atom. The molecule has 0 aromatic carbocycles. The third-order valence-electron chi connectivity index (χ3n) is 2.16. The monoisotopic (exact) mass is 272 g/mol. The summed E-state index contributed by atoms with van der Waals surface area (Å²) in [7, 11) is -3.48. The number of thiophene rings is 1. The molecule has 2 heterocycles. The van der Waals surface area contributed by atoms with Crippen molar-refractivity contribution in [3.63, 3.8) is 0 Å². The van der Waals surface area contributed by atoms with Crippen molar-refractivity contribution in [1.29, 1.82) is 0 Å². The molecular weight excluding hydrogens is 260 g/mol. The van der Waals surface area contributed by atoms with Crippen LogP contribution in [0.3, 0.4) is 0 Å². The highest BCUT2D eigenvalue weighted by atomic mass is 32.2. The van der Waals surface area contributed by atoms with Gasteiger partial charge in [0.1, 0.15) is 5.76 Å². The van der Waals surface area contributed by atoms with Crippen molar-refractivity contribution in [3.8, 4) is 0 Å². The molecule has 0 amide bonds. The van der Waals surface area contributed by atoms with Crippen LogP contribution in [0.25, 0.3) is 0 Å². The summed E-state index contributed by atoms with van der Waals surface area (Å²) in [6.07, 6.45) is 1.50. The smallest absolute Gasteiger partial charge is 0.241 e. The predicted molar refractivity (Wildman–Crippen MR) is 64.9 cm³/mol. The van der Waals surface area contributed by atoms with Crippen molar-refractivity contribution in [2.45, 2.75) is 18.0 Å². The van der Waals surface area contributed by atoms with E-state index in [-0.39, 0.29) is 11.4 Å². The fraction of sp³-hybridized carbons (Fsp3) is 0.200. The second kappa shape index (κ2) is 5.01. The number of hydrogen-bond donors (Lipinski definition) is 2. The Balaban J connectivity index is 2.08. The van der Waals surface area contributed by atoms with Crippen LogP contribution in [0.1, 0.15) is 10.6 Å². The molecule has 2 aromatic rings. The van der Waals surface area contributed by atoms with Gasteiger partial charge in [0.25, 0.3) is 0 Å². The molecule has 0 aliphatic heterocycles. The van der Waals surface area contributed by atoms with E-state index in [4.69, 9.17) is 10.2 Å². The number of hydrogen-bond acceptors (Lipinski definition) is 5. The summed E-state index contributed by atoms with van der Waals surface area (Å²) >= 11 is 1.33. The molecule has 92 valence electrons. The van der Waals surface area contributed by atoms with Crippen molar-refractivity contribution in [2.75, 3.05) is 0 Å². The maximum absolute atomic E-state index is 11.9. The average molecular weight is 272 g/mol. The van der Waals surface area contributed by atoms with E-state index in [1.807, 2.05) is 0 Å². The zero-order valence-corrected chi connectivity index (χ0v) is 10.6. The first-order valence-corrected chi connectivity index (χ1v) is 7.27. The van der Waals surface area contributed by atoms with Gasteiger partial charge in [-0.15, -0.1) is 11.3 Å². The van der Waals surface area contributed by atoms with Crippen molar-refractivity contribution in [3.05, 3.63) is 40.5 Å². The largest absolute Gasteiger partial charge is 0.468 e. The Bertz CT molecular complexity index is 572.